The highest BCUT2D eigenvalue weighted by atomic mass is 16.6. The monoisotopic (exact) mass is 615 g/mol. The maximum atomic E-state index is 12.0. The number of nitrogens with one attached hydrogen (secondary N) is 1. The van der Waals surface area contributed by atoms with Crippen LogP contribution < -0.4 is 11.1 Å². The number of amides is 1. The highest BCUT2D eigenvalue weighted by molar-refractivity contribution is 5.70. The number of carbonyl (C=O) groups excluding carboxylic acids is 3. The van der Waals surface area contributed by atoms with Crippen molar-refractivity contribution in [1.29, 1.82) is 0 Å². The maximum Gasteiger partial charge on any atom is 0.407 e. The minimum absolute atomic E-state index is 0.0458. The smallest absolute Gasteiger partial charge is 0.407 e. The Hall–Kier alpha value is -1.83. The predicted octanol–water partition coefficient (Wildman–Crippen LogP) is 9.16. The summed E-state index contributed by atoms with van der Waals surface area (Å²) in [7, 11) is 0. The van der Waals surface area contributed by atoms with Crippen LogP contribution in [0.25, 0.3) is 0 Å². The highest BCUT2D eigenvalue weighted by Crippen LogP contribution is 2.16. The molecule has 0 aromatic carbocycles. The molecule has 8 heteroatoms. The molecule has 0 bridgehead atoms. The van der Waals surface area contributed by atoms with E-state index in [1.807, 2.05) is 20.8 Å². The molecule has 0 aliphatic carbocycles. The Labute approximate surface area is 265 Å². The van der Waals surface area contributed by atoms with Crippen molar-refractivity contribution in [2.24, 2.45) is 5.73 Å². The molecule has 0 heterocycles. The number of hydrogen-bond donors (Lipinski definition) is 2. The van der Waals surface area contributed by atoms with E-state index in [2.05, 4.69) is 33.0 Å². The first-order chi connectivity index (χ1) is 20.5. The van der Waals surface area contributed by atoms with Gasteiger partial charge in [-0.05, 0) is 91.5 Å². The molecule has 0 unspecified atom stereocenters. The van der Waals surface area contributed by atoms with E-state index in [1.54, 1.807) is 0 Å². The molecule has 0 aromatic rings. The maximum absolute atomic E-state index is 12.0. The number of alkyl carbamates (subject to hydrolysis) is 1. The van der Waals surface area contributed by atoms with Crippen molar-refractivity contribution in [1.82, 2.24) is 5.32 Å². The standard InChI is InChI=1S/C20H39NO4.C15H31NO2/c1-6-8-10-13-17(14-11-9-7-2)24-18(22)15-12-16-21-19(23)25-20(3,4)5;1-3-5-7-10-14(11-8-6-4-2)18-15(17)12-9-13-16/h17H,6-16H2,1-5H3,(H,21,23);14H,3-13,16H2,1-2H3. The van der Waals surface area contributed by atoms with E-state index in [1.165, 1.54) is 51.4 Å². The summed E-state index contributed by atoms with van der Waals surface area (Å²) in [5.41, 5.74) is 4.89. The summed E-state index contributed by atoms with van der Waals surface area (Å²) >= 11 is 0. The Bertz CT molecular complexity index is 645. The molecule has 0 aliphatic heterocycles. The predicted molar refractivity (Wildman–Crippen MR) is 178 cm³/mol. The molecule has 0 saturated heterocycles. The van der Waals surface area contributed by atoms with Gasteiger partial charge in [-0.1, -0.05) is 79.1 Å². The van der Waals surface area contributed by atoms with Crippen molar-refractivity contribution in [2.75, 3.05) is 13.1 Å². The van der Waals surface area contributed by atoms with E-state index in [4.69, 9.17) is 19.9 Å². The normalized spacial score (nSPS) is 11.2. The summed E-state index contributed by atoms with van der Waals surface area (Å²) < 4.78 is 16.4. The van der Waals surface area contributed by atoms with E-state index < -0.39 is 11.7 Å². The molecule has 0 fully saturated rings. The zero-order valence-electron chi connectivity index (χ0n) is 29.2. The van der Waals surface area contributed by atoms with E-state index >= 15 is 0 Å². The Kier molecular flexibility index (Phi) is 30.4. The molecule has 43 heavy (non-hydrogen) atoms. The summed E-state index contributed by atoms with van der Waals surface area (Å²) in [5.74, 6) is -0.234. The Morgan fingerprint density at radius 3 is 1.30 bits per heavy atom. The lowest BCUT2D eigenvalue weighted by atomic mass is 10.0. The Morgan fingerprint density at radius 2 is 0.977 bits per heavy atom. The van der Waals surface area contributed by atoms with Crippen LogP contribution in [-0.2, 0) is 23.8 Å². The second-order valence-corrected chi connectivity index (χ2v) is 12.6. The van der Waals surface area contributed by atoms with Crippen molar-refractivity contribution in [3.05, 3.63) is 0 Å². The van der Waals surface area contributed by atoms with Crippen LogP contribution in [0, 0.1) is 0 Å². The van der Waals surface area contributed by atoms with Gasteiger partial charge in [0, 0.05) is 19.4 Å². The molecule has 8 nitrogen and oxygen atoms in total. The van der Waals surface area contributed by atoms with Crippen LogP contribution in [0.1, 0.15) is 177 Å². The van der Waals surface area contributed by atoms with E-state index in [0.717, 1.165) is 57.8 Å². The van der Waals surface area contributed by atoms with Crippen molar-refractivity contribution in [3.63, 3.8) is 0 Å². The molecule has 0 aliphatic rings. The van der Waals surface area contributed by atoms with Gasteiger partial charge in [0.15, 0.2) is 0 Å². The first-order valence-corrected chi connectivity index (χ1v) is 17.6. The molecule has 0 aromatic heterocycles. The van der Waals surface area contributed by atoms with Crippen LogP contribution in [0.2, 0.25) is 0 Å². The van der Waals surface area contributed by atoms with E-state index in [-0.39, 0.29) is 24.1 Å². The summed E-state index contributed by atoms with van der Waals surface area (Å²) in [5, 5.41) is 2.66. The first kappa shape index (κ1) is 43.3. The fraction of sp³-hybridized carbons (Fsp3) is 0.914. The van der Waals surface area contributed by atoms with Gasteiger partial charge in [-0.25, -0.2) is 4.79 Å². The highest BCUT2D eigenvalue weighted by Gasteiger charge is 2.17. The average Bonchev–Trinajstić information content (AvgIpc) is 2.94. The van der Waals surface area contributed by atoms with Crippen LogP contribution in [0.4, 0.5) is 4.79 Å². The minimum atomic E-state index is -0.507. The molecular formula is C35H70N2O6. The Balaban J connectivity index is 0. The second kappa shape index (κ2) is 30.2. The summed E-state index contributed by atoms with van der Waals surface area (Å²) in [4.78, 5) is 35.2. The quantitative estimate of drug-likeness (QED) is 0.0598. The number of hydrogen-bond acceptors (Lipinski definition) is 7. The third-order valence-electron chi connectivity index (χ3n) is 6.93. The Morgan fingerprint density at radius 1 is 0.605 bits per heavy atom. The summed E-state index contributed by atoms with van der Waals surface area (Å²) in [6.07, 6.45) is 19.9. The third kappa shape index (κ3) is 32.9. The van der Waals surface area contributed by atoms with Crippen LogP contribution in [0.5, 0.6) is 0 Å². The topological polar surface area (TPSA) is 117 Å². The van der Waals surface area contributed by atoms with Crippen molar-refractivity contribution in [2.45, 2.75) is 195 Å². The zero-order valence-corrected chi connectivity index (χ0v) is 29.2. The van der Waals surface area contributed by atoms with Crippen LogP contribution in [0.15, 0.2) is 0 Å². The number of ether oxygens (including phenoxy) is 3. The average molecular weight is 615 g/mol. The molecule has 3 N–H and O–H groups in total. The van der Waals surface area contributed by atoms with Crippen LogP contribution in [0.3, 0.4) is 0 Å². The number of unbranched alkanes of at least 4 members (excludes halogenated alkanes) is 8. The number of esters is 2. The van der Waals surface area contributed by atoms with Gasteiger partial charge in [-0.3, -0.25) is 9.59 Å². The fourth-order valence-corrected chi connectivity index (χ4v) is 4.49. The van der Waals surface area contributed by atoms with Gasteiger partial charge < -0.3 is 25.3 Å². The molecule has 1 amide bonds. The van der Waals surface area contributed by atoms with Gasteiger partial charge in [0.05, 0.1) is 0 Å². The third-order valence-corrected chi connectivity index (χ3v) is 6.93. The largest absolute Gasteiger partial charge is 0.462 e. The number of nitrogens with two attached hydrogens (primary N) is 1. The van der Waals surface area contributed by atoms with Gasteiger partial charge in [0.2, 0.25) is 0 Å². The molecule has 256 valence electrons. The van der Waals surface area contributed by atoms with Gasteiger partial charge in [-0.15, -0.1) is 0 Å². The lowest BCUT2D eigenvalue weighted by Gasteiger charge is -2.20. The van der Waals surface area contributed by atoms with Crippen molar-refractivity contribution in [3.8, 4) is 0 Å². The summed E-state index contributed by atoms with van der Waals surface area (Å²) in [6.45, 7) is 15.2. The number of rotatable bonds is 25. The summed E-state index contributed by atoms with van der Waals surface area (Å²) in [6, 6.07) is 0. The first-order valence-electron chi connectivity index (χ1n) is 17.6. The fourth-order valence-electron chi connectivity index (χ4n) is 4.49. The van der Waals surface area contributed by atoms with Crippen LogP contribution >= 0.6 is 0 Å². The lowest BCUT2D eigenvalue weighted by molar-refractivity contribution is -0.151. The molecule has 0 atom stereocenters. The van der Waals surface area contributed by atoms with Gasteiger partial charge >= 0.3 is 18.0 Å². The minimum Gasteiger partial charge on any atom is -0.462 e. The zero-order chi connectivity index (χ0) is 32.8. The molecule has 0 saturated carbocycles. The molecular weight excluding hydrogens is 544 g/mol. The van der Waals surface area contributed by atoms with Gasteiger partial charge in [0.1, 0.15) is 17.8 Å². The van der Waals surface area contributed by atoms with Crippen molar-refractivity contribution < 1.29 is 28.6 Å². The van der Waals surface area contributed by atoms with Gasteiger partial charge in [0.25, 0.3) is 0 Å². The number of carbonyl (C=O) groups is 3. The van der Waals surface area contributed by atoms with Gasteiger partial charge in [-0.2, -0.15) is 0 Å². The van der Waals surface area contributed by atoms with E-state index in [0.29, 0.717) is 32.4 Å². The second-order valence-electron chi connectivity index (χ2n) is 12.6. The SMILES string of the molecule is CCCCCC(CCCCC)OC(=O)CCCN.CCCCCC(CCCCC)OC(=O)CCCNC(=O)OC(C)(C)C. The van der Waals surface area contributed by atoms with E-state index in [9.17, 15) is 14.4 Å². The lowest BCUT2D eigenvalue weighted by Crippen LogP contribution is -2.33. The molecule has 0 rings (SSSR count). The van der Waals surface area contributed by atoms with Crippen LogP contribution in [-0.4, -0.2) is 48.9 Å². The molecule has 0 radical (unpaired) electrons. The molecule has 0 spiro atoms. The van der Waals surface area contributed by atoms with Crippen molar-refractivity contribution >= 4 is 18.0 Å².